The SMILES string of the molecule is COCCN(c1cc(Cl)ccc1CNC(C)C)C(C)C. The van der Waals surface area contributed by atoms with Crippen molar-refractivity contribution in [3.63, 3.8) is 0 Å². The van der Waals surface area contributed by atoms with Crippen LogP contribution >= 0.6 is 11.6 Å². The first-order valence-electron chi connectivity index (χ1n) is 7.23. The Labute approximate surface area is 128 Å². The summed E-state index contributed by atoms with van der Waals surface area (Å²) in [6, 6.07) is 6.98. The molecule has 0 heterocycles. The first-order valence-corrected chi connectivity index (χ1v) is 7.61. The number of anilines is 1. The Morgan fingerprint density at radius 3 is 2.50 bits per heavy atom. The Morgan fingerprint density at radius 2 is 1.95 bits per heavy atom. The minimum Gasteiger partial charge on any atom is -0.383 e. The quantitative estimate of drug-likeness (QED) is 0.792. The molecule has 0 saturated carbocycles. The van der Waals surface area contributed by atoms with E-state index in [1.807, 2.05) is 6.07 Å². The van der Waals surface area contributed by atoms with Gasteiger partial charge >= 0.3 is 0 Å². The molecule has 0 spiro atoms. The smallest absolute Gasteiger partial charge is 0.0637 e. The molecule has 1 aromatic rings. The van der Waals surface area contributed by atoms with Gasteiger partial charge in [0.15, 0.2) is 0 Å². The number of hydrogen-bond acceptors (Lipinski definition) is 3. The predicted octanol–water partition coefficient (Wildman–Crippen LogP) is 3.70. The van der Waals surface area contributed by atoms with Crippen LogP contribution in [0.3, 0.4) is 0 Å². The van der Waals surface area contributed by atoms with E-state index in [9.17, 15) is 0 Å². The molecule has 0 aliphatic rings. The Balaban J connectivity index is 3.00. The van der Waals surface area contributed by atoms with E-state index in [1.165, 1.54) is 11.3 Å². The minimum atomic E-state index is 0.404. The highest BCUT2D eigenvalue weighted by Gasteiger charge is 2.15. The van der Waals surface area contributed by atoms with Crippen LogP contribution in [0.15, 0.2) is 18.2 Å². The van der Waals surface area contributed by atoms with E-state index in [0.29, 0.717) is 18.7 Å². The fourth-order valence-electron chi connectivity index (χ4n) is 2.11. The summed E-state index contributed by atoms with van der Waals surface area (Å²) in [6.07, 6.45) is 0. The van der Waals surface area contributed by atoms with Crippen LogP contribution in [0, 0.1) is 0 Å². The van der Waals surface area contributed by atoms with Crippen molar-refractivity contribution in [3.05, 3.63) is 28.8 Å². The largest absolute Gasteiger partial charge is 0.383 e. The van der Waals surface area contributed by atoms with Crippen LogP contribution in [-0.4, -0.2) is 32.3 Å². The van der Waals surface area contributed by atoms with E-state index in [0.717, 1.165) is 18.1 Å². The molecule has 114 valence electrons. The van der Waals surface area contributed by atoms with Crippen molar-refractivity contribution in [3.8, 4) is 0 Å². The van der Waals surface area contributed by atoms with Crippen LogP contribution in [0.2, 0.25) is 5.02 Å². The van der Waals surface area contributed by atoms with E-state index in [1.54, 1.807) is 7.11 Å². The summed E-state index contributed by atoms with van der Waals surface area (Å²) in [5, 5.41) is 4.24. The second-order valence-electron chi connectivity index (χ2n) is 5.59. The maximum atomic E-state index is 6.18. The first-order chi connectivity index (χ1) is 9.45. The first kappa shape index (κ1) is 17.3. The van der Waals surface area contributed by atoms with Gasteiger partial charge in [0.25, 0.3) is 0 Å². The summed E-state index contributed by atoms with van der Waals surface area (Å²) in [4.78, 5) is 2.34. The molecule has 0 aliphatic carbocycles. The van der Waals surface area contributed by atoms with Gasteiger partial charge in [-0.1, -0.05) is 31.5 Å². The fraction of sp³-hybridized carbons (Fsp3) is 0.625. The standard InChI is InChI=1S/C16H27ClN2O/c1-12(2)18-11-14-6-7-15(17)10-16(14)19(13(3)4)8-9-20-5/h6-7,10,12-13,18H,8-9,11H2,1-5H3. The highest BCUT2D eigenvalue weighted by molar-refractivity contribution is 6.30. The number of nitrogens with zero attached hydrogens (tertiary/aromatic N) is 1. The number of methoxy groups -OCH3 is 1. The zero-order valence-corrected chi connectivity index (χ0v) is 14.0. The van der Waals surface area contributed by atoms with E-state index in [2.05, 4.69) is 50.0 Å². The predicted molar refractivity (Wildman–Crippen MR) is 87.8 cm³/mol. The highest BCUT2D eigenvalue weighted by Crippen LogP contribution is 2.26. The molecule has 0 amide bonds. The van der Waals surface area contributed by atoms with E-state index in [-0.39, 0.29) is 0 Å². The normalized spacial score (nSPS) is 11.4. The molecule has 0 saturated heterocycles. The molecule has 4 heteroatoms. The van der Waals surface area contributed by atoms with Gasteiger partial charge in [0.1, 0.15) is 0 Å². The van der Waals surface area contributed by atoms with Crippen molar-refractivity contribution in [1.29, 1.82) is 0 Å². The summed E-state index contributed by atoms with van der Waals surface area (Å²) in [6.45, 7) is 11.1. The average molecular weight is 299 g/mol. The lowest BCUT2D eigenvalue weighted by molar-refractivity contribution is 0.204. The fourth-order valence-corrected chi connectivity index (χ4v) is 2.28. The van der Waals surface area contributed by atoms with Crippen LogP contribution in [0.25, 0.3) is 0 Å². The zero-order chi connectivity index (χ0) is 15.1. The van der Waals surface area contributed by atoms with Gasteiger partial charge in [-0.15, -0.1) is 0 Å². The topological polar surface area (TPSA) is 24.5 Å². The second-order valence-corrected chi connectivity index (χ2v) is 6.03. The van der Waals surface area contributed by atoms with E-state index >= 15 is 0 Å². The minimum absolute atomic E-state index is 0.404. The van der Waals surface area contributed by atoms with Gasteiger partial charge in [-0.2, -0.15) is 0 Å². The number of hydrogen-bond donors (Lipinski definition) is 1. The maximum absolute atomic E-state index is 6.18. The average Bonchev–Trinajstić information content (AvgIpc) is 2.37. The van der Waals surface area contributed by atoms with Crippen molar-refractivity contribution < 1.29 is 4.74 Å². The van der Waals surface area contributed by atoms with Gasteiger partial charge in [0.2, 0.25) is 0 Å². The van der Waals surface area contributed by atoms with Gasteiger partial charge in [-0.25, -0.2) is 0 Å². The Hall–Kier alpha value is -0.770. The summed E-state index contributed by atoms with van der Waals surface area (Å²) in [5.41, 5.74) is 2.46. The van der Waals surface area contributed by atoms with Crippen molar-refractivity contribution in [2.45, 2.75) is 46.3 Å². The number of benzene rings is 1. The van der Waals surface area contributed by atoms with Crippen molar-refractivity contribution in [2.24, 2.45) is 0 Å². The summed E-state index contributed by atoms with van der Waals surface area (Å²) >= 11 is 6.18. The molecule has 0 radical (unpaired) electrons. The Kier molecular flexibility index (Phi) is 7.35. The van der Waals surface area contributed by atoms with Crippen molar-refractivity contribution in [2.75, 3.05) is 25.2 Å². The van der Waals surface area contributed by atoms with Gasteiger partial charge in [0, 0.05) is 43.0 Å². The molecule has 0 bridgehead atoms. The number of ether oxygens (including phenoxy) is 1. The third-order valence-electron chi connectivity index (χ3n) is 3.22. The van der Waals surface area contributed by atoms with Gasteiger partial charge in [0.05, 0.1) is 6.61 Å². The molecule has 20 heavy (non-hydrogen) atoms. The van der Waals surface area contributed by atoms with Crippen molar-refractivity contribution in [1.82, 2.24) is 5.32 Å². The summed E-state index contributed by atoms with van der Waals surface area (Å²) in [7, 11) is 1.73. The molecule has 0 aliphatic heterocycles. The van der Waals surface area contributed by atoms with E-state index < -0.39 is 0 Å². The Bertz CT molecular complexity index is 407. The lowest BCUT2D eigenvalue weighted by atomic mass is 10.1. The lowest BCUT2D eigenvalue weighted by Gasteiger charge is -2.31. The van der Waals surface area contributed by atoms with Gasteiger partial charge < -0.3 is 15.0 Å². The third-order valence-corrected chi connectivity index (χ3v) is 3.45. The highest BCUT2D eigenvalue weighted by atomic mass is 35.5. The molecule has 1 aromatic carbocycles. The molecule has 1 N–H and O–H groups in total. The van der Waals surface area contributed by atoms with E-state index in [4.69, 9.17) is 16.3 Å². The number of rotatable bonds is 8. The second kappa shape index (κ2) is 8.50. The van der Waals surface area contributed by atoms with Crippen LogP contribution in [0.4, 0.5) is 5.69 Å². The molecule has 0 aromatic heterocycles. The van der Waals surface area contributed by atoms with Crippen LogP contribution in [-0.2, 0) is 11.3 Å². The molecular weight excluding hydrogens is 272 g/mol. The van der Waals surface area contributed by atoms with Crippen molar-refractivity contribution >= 4 is 17.3 Å². The summed E-state index contributed by atoms with van der Waals surface area (Å²) in [5.74, 6) is 0. The van der Waals surface area contributed by atoms with Crippen LogP contribution in [0.5, 0.6) is 0 Å². The molecule has 1 rings (SSSR count). The molecule has 0 unspecified atom stereocenters. The van der Waals surface area contributed by atoms with Crippen LogP contribution < -0.4 is 10.2 Å². The monoisotopic (exact) mass is 298 g/mol. The van der Waals surface area contributed by atoms with Gasteiger partial charge in [-0.3, -0.25) is 0 Å². The third kappa shape index (κ3) is 5.31. The molecule has 0 atom stereocenters. The lowest BCUT2D eigenvalue weighted by Crippen LogP contribution is -2.35. The molecular formula is C16H27ClN2O. The summed E-state index contributed by atoms with van der Waals surface area (Å²) < 4.78 is 5.22. The van der Waals surface area contributed by atoms with Gasteiger partial charge in [-0.05, 0) is 31.5 Å². The molecule has 0 fully saturated rings. The number of nitrogens with one attached hydrogen (secondary N) is 1. The molecule has 3 nitrogen and oxygen atoms in total. The Morgan fingerprint density at radius 1 is 1.25 bits per heavy atom. The number of halogens is 1. The van der Waals surface area contributed by atoms with Crippen LogP contribution in [0.1, 0.15) is 33.3 Å². The zero-order valence-electron chi connectivity index (χ0n) is 13.2. The maximum Gasteiger partial charge on any atom is 0.0637 e.